The first-order valence-electron chi connectivity index (χ1n) is 8.23. The highest BCUT2D eigenvalue weighted by molar-refractivity contribution is 8.01. The highest BCUT2D eigenvalue weighted by Gasteiger charge is 2.34. The van der Waals surface area contributed by atoms with Gasteiger partial charge in [0.1, 0.15) is 0 Å². The fourth-order valence-corrected chi connectivity index (χ4v) is 3.72. The van der Waals surface area contributed by atoms with Crippen LogP contribution in [0, 0.1) is 0 Å². The van der Waals surface area contributed by atoms with Gasteiger partial charge in [-0.05, 0) is 49.4 Å². The maximum Gasteiger partial charge on any atom is 0.416 e. The number of hydrogen-bond donors (Lipinski definition) is 2. The van der Waals surface area contributed by atoms with Crippen LogP contribution >= 0.6 is 11.8 Å². The van der Waals surface area contributed by atoms with Gasteiger partial charge in [0.15, 0.2) is 5.78 Å². The number of carbonyl (C=O) groups excluding carboxylic acids is 3. The van der Waals surface area contributed by atoms with Crippen LogP contribution in [-0.4, -0.2) is 22.8 Å². The zero-order chi connectivity index (χ0) is 20.5. The summed E-state index contributed by atoms with van der Waals surface area (Å²) in [5.74, 6) is -1.04. The van der Waals surface area contributed by atoms with Crippen LogP contribution in [0.5, 0.6) is 0 Å². The van der Waals surface area contributed by atoms with E-state index in [0.29, 0.717) is 16.1 Å². The maximum atomic E-state index is 12.8. The molecule has 9 heteroatoms. The Hall–Kier alpha value is -2.81. The second kappa shape index (κ2) is 7.67. The molecule has 0 radical (unpaired) electrons. The second-order valence-corrected chi connectivity index (χ2v) is 7.43. The summed E-state index contributed by atoms with van der Waals surface area (Å²) in [5.41, 5.74) is 0.222. The number of ketones is 1. The van der Waals surface area contributed by atoms with Gasteiger partial charge >= 0.3 is 6.18 Å². The molecule has 2 aromatic rings. The molecule has 0 fully saturated rings. The quantitative estimate of drug-likeness (QED) is 0.738. The third-order valence-corrected chi connectivity index (χ3v) is 5.35. The van der Waals surface area contributed by atoms with Crippen molar-refractivity contribution in [2.75, 3.05) is 10.6 Å². The third kappa shape index (κ3) is 4.53. The van der Waals surface area contributed by atoms with Crippen LogP contribution in [-0.2, 0) is 15.8 Å². The lowest BCUT2D eigenvalue weighted by molar-refractivity contribution is -0.137. The molecule has 5 nitrogen and oxygen atoms in total. The van der Waals surface area contributed by atoms with Gasteiger partial charge in [0.05, 0.1) is 16.5 Å². The molecule has 28 heavy (non-hydrogen) atoms. The summed E-state index contributed by atoms with van der Waals surface area (Å²) in [6, 6.07) is 9.42. The number of thioether (sulfide) groups is 1. The number of Topliss-reactive ketones (excluding diaryl/α,β-unsaturated/α-hetero) is 1. The zero-order valence-corrected chi connectivity index (χ0v) is 15.4. The summed E-state index contributed by atoms with van der Waals surface area (Å²) < 4.78 is 38.4. The fraction of sp³-hybridized carbons (Fsp3) is 0.211. The molecule has 1 aliphatic rings. The molecule has 1 heterocycles. The van der Waals surface area contributed by atoms with Gasteiger partial charge in [0, 0.05) is 22.6 Å². The Labute approximate surface area is 162 Å². The van der Waals surface area contributed by atoms with Crippen molar-refractivity contribution in [2.24, 2.45) is 0 Å². The van der Waals surface area contributed by atoms with E-state index in [1.54, 1.807) is 24.3 Å². The minimum atomic E-state index is -4.50. The van der Waals surface area contributed by atoms with Crippen LogP contribution in [0.3, 0.4) is 0 Å². The molecule has 0 saturated carbocycles. The van der Waals surface area contributed by atoms with Crippen LogP contribution < -0.4 is 10.6 Å². The average molecular weight is 408 g/mol. The molecule has 1 atom stereocenters. The number of rotatable bonds is 4. The van der Waals surface area contributed by atoms with Crippen molar-refractivity contribution in [3.63, 3.8) is 0 Å². The summed E-state index contributed by atoms with van der Waals surface area (Å²) in [4.78, 5) is 36.1. The maximum absolute atomic E-state index is 12.8. The Morgan fingerprint density at radius 2 is 1.82 bits per heavy atom. The van der Waals surface area contributed by atoms with E-state index in [-0.39, 0.29) is 17.9 Å². The Morgan fingerprint density at radius 1 is 1.14 bits per heavy atom. The van der Waals surface area contributed by atoms with Crippen LogP contribution in [0.2, 0.25) is 0 Å². The predicted octanol–water partition coefficient (Wildman–Crippen LogP) is 4.35. The number of fused-ring (bicyclic) bond motifs is 1. The monoisotopic (exact) mass is 408 g/mol. The molecule has 3 rings (SSSR count). The molecule has 2 aromatic carbocycles. The highest BCUT2D eigenvalue weighted by atomic mass is 32.2. The minimum Gasteiger partial charge on any atom is -0.326 e. The van der Waals surface area contributed by atoms with E-state index < -0.39 is 28.8 Å². The number of anilines is 2. The molecule has 0 saturated heterocycles. The average Bonchev–Trinajstić information content (AvgIpc) is 2.61. The molecule has 1 aliphatic heterocycles. The topological polar surface area (TPSA) is 75.3 Å². The number of benzene rings is 2. The largest absolute Gasteiger partial charge is 0.416 e. The number of amides is 2. The van der Waals surface area contributed by atoms with Crippen LogP contribution in [0.1, 0.15) is 29.3 Å². The van der Waals surface area contributed by atoms with E-state index in [1.165, 1.54) is 13.0 Å². The smallest absolute Gasteiger partial charge is 0.326 e. The van der Waals surface area contributed by atoms with Crippen LogP contribution in [0.15, 0.2) is 47.4 Å². The van der Waals surface area contributed by atoms with E-state index in [4.69, 9.17) is 0 Å². The first-order valence-corrected chi connectivity index (χ1v) is 9.11. The number of hydrogen-bond acceptors (Lipinski definition) is 4. The van der Waals surface area contributed by atoms with Gasteiger partial charge in [-0.15, -0.1) is 11.8 Å². The highest BCUT2D eigenvalue weighted by Crippen LogP contribution is 2.40. The van der Waals surface area contributed by atoms with Gasteiger partial charge in [-0.25, -0.2) is 0 Å². The molecular weight excluding hydrogens is 393 g/mol. The van der Waals surface area contributed by atoms with Crippen LogP contribution in [0.25, 0.3) is 0 Å². The summed E-state index contributed by atoms with van der Waals surface area (Å²) >= 11 is 1.04. The standard InChI is InChI=1S/C19H15F3N2O3S/c1-10(25)11-2-5-13(6-3-11)23-17(26)9-16-18(27)24-14-8-12(19(20,21)22)4-7-15(14)28-16/h2-8,16H,9H2,1H3,(H,23,26)(H,24,27)/t16-/m0/s1. The van der Waals surface area contributed by atoms with Crippen molar-refractivity contribution >= 4 is 40.7 Å². The number of carbonyl (C=O) groups is 3. The van der Waals surface area contributed by atoms with E-state index >= 15 is 0 Å². The normalized spacial score (nSPS) is 16.1. The molecule has 0 aliphatic carbocycles. The van der Waals surface area contributed by atoms with Crippen molar-refractivity contribution in [3.05, 3.63) is 53.6 Å². The van der Waals surface area contributed by atoms with Gasteiger partial charge in [0.25, 0.3) is 0 Å². The van der Waals surface area contributed by atoms with Crippen molar-refractivity contribution < 1.29 is 27.6 Å². The van der Waals surface area contributed by atoms with Gasteiger partial charge in [-0.2, -0.15) is 13.2 Å². The number of halogens is 3. The molecule has 2 amide bonds. The molecular formula is C19H15F3N2O3S. The predicted molar refractivity (Wildman–Crippen MR) is 99.4 cm³/mol. The van der Waals surface area contributed by atoms with Gasteiger partial charge < -0.3 is 10.6 Å². The SMILES string of the molecule is CC(=O)c1ccc(NC(=O)C[C@@H]2Sc3ccc(C(F)(F)F)cc3NC2=O)cc1. The van der Waals surface area contributed by atoms with Crippen LogP contribution in [0.4, 0.5) is 24.5 Å². The summed E-state index contributed by atoms with van der Waals surface area (Å²) in [6.07, 6.45) is -4.65. The fourth-order valence-electron chi connectivity index (χ4n) is 2.63. The molecule has 0 bridgehead atoms. The lowest BCUT2D eigenvalue weighted by Crippen LogP contribution is -2.32. The van der Waals surface area contributed by atoms with Gasteiger partial charge in [-0.3, -0.25) is 14.4 Å². The Bertz CT molecular complexity index is 942. The summed E-state index contributed by atoms with van der Waals surface area (Å²) in [6.45, 7) is 1.43. The van der Waals surface area contributed by atoms with Crippen molar-refractivity contribution in [3.8, 4) is 0 Å². The zero-order valence-electron chi connectivity index (χ0n) is 14.6. The number of nitrogens with one attached hydrogen (secondary N) is 2. The third-order valence-electron chi connectivity index (χ3n) is 4.07. The van der Waals surface area contributed by atoms with E-state index in [2.05, 4.69) is 10.6 Å². The van der Waals surface area contributed by atoms with Gasteiger partial charge in [-0.1, -0.05) is 0 Å². The van der Waals surface area contributed by atoms with E-state index in [1.807, 2.05) is 0 Å². The summed E-state index contributed by atoms with van der Waals surface area (Å²) in [7, 11) is 0. The lowest BCUT2D eigenvalue weighted by Gasteiger charge is -2.24. The Kier molecular flexibility index (Phi) is 5.46. The molecule has 0 aromatic heterocycles. The van der Waals surface area contributed by atoms with E-state index in [9.17, 15) is 27.6 Å². The first kappa shape index (κ1) is 19.9. The molecule has 0 unspecified atom stereocenters. The molecule has 0 spiro atoms. The van der Waals surface area contributed by atoms with Crippen molar-refractivity contribution in [2.45, 2.75) is 29.7 Å². The number of alkyl halides is 3. The van der Waals surface area contributed by atoms with Crippen molar-refractivity contribution in [1.29, 1.82) is 0 Å². The van der Waals surface area contributed by atoms with Crippen molar-refractivity contribution in [1.82, 2.24) is 0 Å². The first-order chi connectivity index (χ1) is 13.1. The summed E-state index contributed by atoms with van der Waals surface area (Å²) in [5, 5.41) is 4.31. The Morgan fingerprint density at radius 3 is 2.43 bits per heavy atom. The molecule has 146 valence electrons. The van der Waals surface area contributed by atoms with Gasteiger partial charge in [0.2, 0.25) is 11.8 Å². The molecule has 2 N–H and O–H groups in total. The lowest BCUT2D eigenvalue weighted by atomic mass is 10.1. The second-order valence-electron chi connectivity index (χ2n) is 6.19. The Balaban J connectivity index is 1.66. The minimum absolute atomic E-state index is 0.0845. The van der Waals surface area contributed by atoms with E-state index in [0.717, 1.165) is 23.9 Å².